The molecule has 184 valence electrons. The molecule has 3 unspecified atom stereocenters. The Morgan fingerprint density at radius 2 is 1.82 bits per heavy atom. The predicted octanol–water partition coefficient (Wildman–Crippen LogP) is 5.01. The molecule has 2 saturated heterocycles. The summed E-state index contributed by atoms with van der Waals surface area (Å²) < 4.78 is 61.0. The number of halogens is 4. The van der Waals surface area contributed by atoms with Gasteiger partial charge < -0.3 is 15.0 Å². The van der Waals surface area contributed by atoms with E-state index < -0.39 is 17.6 Å². The lowest BCUT2D eigenvalue weighted by molar-refractivity contribution is -0.137. The third-order valence-corrected chi connectivity index (χ3v) is 7.75. The zero-order valence-electron chi connectivity index (χ0n) is 19.4. The number of anilines is 1. The molecular weight excluding hydrogens is 448 g/mol. The van der Waals surface area contributed by atoms with E-state index in [9.17, 15) is 17.6 Å². The van der Waals surface area contributed by atoms with Gasteiger partial charge in [0.25, 0.3) is 0 Å². The Morgan fingerprint density at radius 1 is 1.09 bits per heavy atom. The molecule has 1 aromatic heterocycles. The zero-order valence-corrected chi connectivity index (χ0v) is 19.4. The summed E-state index contributed by atoms with van der Waals surface area (Å²) in [5.74, 6) is 1.33. The van der Waals surface area contributed by atoms with Crippen molar-refractivity contribution in [1.29, 1.82) is 0 Å². The van der Waals surface area contributed by atoms with E-state index in [-0.39, 0.29) is 17.6 Å². The maximum absolute atomic E-state index is 13.9. The molecule has 2 aromatic rings. The number of nitrogens with one attached hydrogen (secondary N) is 1. The summed E-state index contributed by atoms with van der Waals surface area (Å²) in [5, 5.41) is 11.0. The molecule has 0 radical (unpaired) electrons. The van der Waals surface area contributed by atoms with Gasteiger partial charge in [-0.3, -0.25) is 0 Å². The normalized spacial score (nSPS) is 29.5. The van der Waals surface area contributed by atoms with Gasteiger partial charge in [0, 0.05) is 37.8 Å². The topological polar surface area (TPSA) is 50.3 Å². The minimum atomic E-state index is -4.60. The highest BCUT2D eigenvalue weighted by atomic mass is 19.4. The number of rotatable bonds is 5. The Balaban J connectivity index is 1.27. The highest BCUT2D eigenvalue weighted by Crippen LogP contribution is 2.42. The number of nitrogens with zero attached hydrogens (tertiary/aromatic N) is 3. The third kappa shape index (κ3) is 4.77. The maximum atomic E-state index is 13.9. The van der Waals surface area contributed by atoms with Crippen LogP contribution in [0.3, 0.4) is 0 Å². The lowest BCUT2D eigenvalue weighted by Crippen LogP contribution is -2.32. The summed E-state index contributed by atoms with van der Waals surface area (Å²) in [6.45, 7) is 8.60. The summed E-state index contributed by atoms with van der Waals surface area (Å²) in [4.78, 5) is 2.50. The fourth-order valence-electron chi connectivity index (χ4n) is 5.84. The largest absolute Gasteiger partial charge is 0.420 e. The second-order valence-electron chi connectivity index (χ2n) is 10.3. The maximum Gasteiger partial charge on any atom is 0.420 e. The van der Waals surface area contributed by atoms with E-state index in [1.165, 1.54) is 18.2 Å². The molecular formula is C25H30F4N4O. The lowest BCUT2D eigenvalue weighted by atomic mass is 9.97. The summed E-state index contributed by atoms with van der Waals surface area (Å²) in [7, 11) is 0. The van der Waals surface area contributed by atoms with Gasteiger partial charge in [-0.05, 0) is 67.2 Å². The molecule has 1 N–H and O–H groups in total. The van der Waals surface area contributed by atoms with Crippen molar-refractivity contribution in [3.63, 3.8) is 0 Å². The number of aryl methyl sites for hydroxylation is 1. The second-order valence-corrected chi connectivity index (χ2v) is 10.3. The summed E-state index contributed by atoms with van der Waals surface area (Å²) in [6.07, 6.45) is -2.96. The van der Waals surface area contributed by atoms with Gasteiger partial charge in [0.05, 0.1) is 12.3 Å². The Labute approximate surface area is 196 Å². The second kappa shape index (κ2) is 9.07. The first-order valence-electron chi connectivity index (χ1n) is 12.0. The van der Waals surface area contributed by atoms with E-state index in [1.54, 1.807) is 6.92 Å². The van der Waals surface area contributed by atoms with E-state index in [2.05, 4.69) is 27.3 Å². The number of aromatic nitrogens is 2. The fourth-order valence-corrected chi connectivity index (χ4v) is 5.84. The summed E-state index contributed by atoms with van der Waals surface area (Å²) >= 11 is 0. The third-order valence-electron chi connectivity index (χ3n) is 7.75. The van der Waals surface area contributed by atoms with Crippen LogP contribution in [0.4, 0.5) is 23.4 Å². The molecule has 0 spiro atoms. The van der Waals surface area contributed by atoms with Crippen LogP contribution in [0.15, 0.2) is 24.3 Å². The molecule has 1 aromatic carbocycles. The molecule has 5 rings (SSSR count). The minimum Gasteiger partial charge on any atom is -0.381 e. The van der Waals surface area contributed by atoms with Crippen LogP contribution < -0.4 is 5.32 Å². The van der Waals surface area contributed by atoms with Gasteiger partial charge in [-0.25, -0.2) is 4.39 Å². The smallest absolute Gasteiger partial charge is 0.381 e. The minimum absolute atomic E-state index is 0.0129. The van der Waals surface area contributed by atoms with Crippen LogP contribution in [0.25, 0.3) is 11.3 Å². The SMILES string of the molecule is Cc1ccc(F)cc1-c1cc(C(F)(F)F)c(NC2C[C@@H]3CN(CC4COCC4C)C[C@@H]3C2)nn1. The van der Waals surface area contributed by atoms with Crippen LogP contribution in [0, 0.1) is 36.4 Å². The van der Waals surface area contributed by atoms with E-state index >= 15 is 0 Å². The molecule has 2 aliphatic heterocycles. The molecule has 5 atom stereocenters. The van der Waals surface area contributed by atoms with Gasteiger partial charge in [0.2, 0.25) is 0 Å². The summed E-state index contributed by atoms with van der Waals surface area (Å²) in [6, 6.07) is 4.89. The van der Waals surface area contributed by atoms with E-state index in [1.807, 2.05) is 0 Å². The first-order valence-corrected chi connectivity index (χ1v) is 12.0. The van der Waals surface area contributed by atoms with Gasteiger partial charge in [0.15, 0.2) is 5.82 Å². The van der Waals surface area contributed by atoms with Gasteiger partial charge in [-0.2, -0.15) is 13.2 Å². The van der Waals surface area contributed by atoms with Crippen molar-refractivity contribution in [3.05, 3.63) is 41.2 Å². The summed E-state index contributed by atoms with van der Waals surface area (Å²) in [5.41, 5.74) is 0.0901. The number of benzene rings is 1. The van der Waals surface area contributed by atoms with Crippen molar-refractivity contribution in [3.8, 4) is 11.3 Å². The Bertz CT molecular complexity index is 1030. The van der Waals surface area contributed by atoms with Crippen LogP contribution in [0.5, 0.6) is 0 Å². The predicted molar refractivity (Wildman–Crippen MR) is 121 cm³/mol. The van der Waals surface area contributed by atoms with Crippen LogP contribution in [-0.4, -0.2) is 54.0 Å². The standard InChI is InChI=1S/C25H30F4N4O/c1-14-3-4-19(26)7-21(14)23-8-22(25(27,28)29)24(32-31-23)30-20-5-16-9-33(10-17(16)6-20)11-18-13-34-12-15(18)2/h3-4,7-8,15-18,20H,5-6,9-13H2,1-2H3,(H,30,32)/t15?,16-,17+,18?,20?. The highest BCUT2D eigenvalue weighted by Gasteiger charge is 2.43. The number of hydrogen-bond acceptors (Lipinski definition) is 5. The number of alkyl halides is 3. The van der Waals surface area contributed by atoms with Crippen LogP contribution in [0.2, 0.25) is 0 Å². The van der Waals surface area contributed by atoms with Crippen molar-refractivity contribution < 1.29 is 22.3 Å². The molecule has 0 amide bonds. The lowest BCUT2D eigenvalue weighted by Gasteiger charge is -2.24. The van der Waals surface area contributed by atoms with Crippen molar-refractivity contribution in [2.45, 2.75) is 38.9 Å². The first kappa shape index (κ1) is 23.5. The Kier molecular flexibility index (Phi) is 6.27. The number of ether oxygens (including phenoxy) is 1. The van der Waals surface area contributed by atoms with Gasteiger partial charge in [0.1, 0.15) is 11.4 Å². The number of hydrogen-bond donors (Lipinski definition) is 1. The van der Waals surface area contributed by atoms with E-state index in [0.717, 1.165) is 51.8 Å². The first-order chi connectivity index (χ1) is 16.2. The molecule has 9 heteroatoms. The van der Waals surface area contributed by atoms with Gasteiger partial charge in [-0.15, -0.1) is 10.2 Å². The van der Waals surface area contributed by atoms with Crippen molar-refractivity contribution in [1.82, 2.24) is 15.1 Å². The van der Waals surface area contributed by atoms with E-state index in [4.69, 9.17) is 4.74 Å². The molecule has 5 nitrogen and oxygen atoms in total. The van der Waals surface area contributed by atoms with E-state index in [0.29, 0.717) is 34.8 Å². The fraction of sp³-hybridized carbons (Fsp3) is 0.600. The molecule has 3 fully saturated rings. The molecule has 1 saturated carbocycles. The molecule has 3 aliphatic rings. The quantitative estimate of drug-likeness (QED) is 0.612. The van der Waals surface area contributed by atoms with Gasteiger partial charge in [-0.1, -0.05) is 13.0 Å². The van der Waals surface area contributed by atoms with Gasteiger partial charge >= 0.3 is 6.18 Å². The van der Waals surface area contributed by atoms with Crippen LogP contribution in [-0.2, 0) is 10.9 Å². The highest BCUT2D eigenvalue weighted by molar-refractivity contribution is 5.65. The monoisotopic (exact) mass is 478 g/mol. The molecule has 34 heavy (non-hydrogen) atoms. The van der Waals surface area contributed by atoms with Crippen LogP contribution >= 0.6 is 0 Å². The molecule has 3 heterocycles. The van der Waals surface area contributed by atoms with Crippen molar-refractivity contribution in [2.75, 3.05) is 38.2 Å². The molecule has 1 aliphatic carbocycles. The Hall–Kier alpha value is -2.26. The Morgan fingerprint density at radius 3 is 2.47 bits per heavy atom. The van der Waals surface area contributed by atoms with Crippen LogP contribution in [0.1, 0.15) is 30.9 Å². The zero-order chi connectivity index (χ0) is 24.0. The van der Waals surface area contributed by atoms with Crippen molar-refractivity contribution >= 4 is 5.82 Å². The number of likely N-dealkylation sites (tertiary alicyclic amines) is 1. The average molecular weight is 479 g/mol. The average Bonchev–Trinajstić information content (AvgIpc) is 3.45. The molecule has 0 bridgehead atoms. The van der Waals surface area contributed by atoms with Crippen molar-refractivity contribution in [2.24, 2.45) is 23.7 Å². The number of fused-ring (bicyclic) bond motifs is 1.